The molecule has 0 radical (unpaired) electrons. The minimum Gasteiger partial charge on any atom is -0.465 e. The highest BCUT2D eigenvalue weighted by Crippen LogP contribution is 2.43. The normalized spacial score (nSPS) is 25.2. The second-order valence-electron chi connectivity index (χ2n) is 7.59. The Morgan fingerprint density at radius 3 is 2.00 bits per heavy atom. The van der Waals surface area contributed by atoms with Crippen molar-refractivity contribution in [1.82, 2.24) is 0 Å². The summed E-state index contributed by atoms with van der Waals surface area (Å²) in [5.41, 5.74) is 0. The predicted molar refractivity (Wildman–Crippen MR) is 96.3 cm³/mol. The zero-order valence-electron chi connectivity index (χ0n) is 15.1. The maximum Gasteiger partial charge on any atom is 0.309 e. The van der Waals surface area contributed by atoms with Gasteiger partial charge in [-0.05, 0) is 31.1 Å². The summed E-state index contributed by atoms with van der Waals surface area (Å²) in [6.07, 6.45) is 21.4. The van der Waals surface area contributed by atoms with Crippen molar-refractivity contribution < 1.29 is 9.53 Å². The lowest BCUT2D eigenvalue weighted by molar-refractivity contribution is -0.149. The number of hydrogen-bond acceptors (Lipinski definition) is 2. The molecule has 0 amide bonds. The number of unbranched alkanes of at least 4 members (excludes halogenated alkanes) is 10. The van der Waals surface area contributed by atoms with Crippen LogP contribution in [0.4, 0.5) is 0 Å². The van der Waals surface area contributed by atoms with Gasteiger partial charge < -0.3 is 4.74 Å². The van der Waals surface area contributed by atoms with Crippen molar-refractivity contribution in [3.05, 3.63) is 12.2 Å². The Balaban J connectivity index is 1.34. The average Bonchev–Trinajstić information content (AvgIpc) is 3.19. The van der Waals surface area contributed by atoms with Crippen LogP contribution in [-0.2, 0) is 9.53 Å². The van der Waals surface area contributed by atoms with E-state index < -0.39 is 0 Å². The number of hydrogen-bond donors (Lipinski definition) is 0. The quantitative estimate of drug-likeness (QED) is 0.234. The van der Waals surface area contributed by atoms with E-state index in [1.807, 2.05) is 0 Å². The fourth-order valence-electron chi connectivity index (χ4n) is 4.10. The Labute approximate surface area is 143 Å². The molecule has 2 rings (SSSR count). The van der Waals surface area contributed by atoms with Crippen molar-refractivity contribution in [3.63, 3.8) is 0 Å². The van der Waals surface area contributed by atoms with E-state index in [0.717, 1.165) is 12.8 Å². The average molecular weight is 321 g/mol. The molecule has 1 saturated carbocycles. The van der Waals surface area contributed by atoms with Crippen LogP contribution in [-0.4, -0.2) is 12.6 Å². The first-order valence-electron chi connectivity index (χ1n) is 10.2. The van der Waals surface area contributed by atoms with Crippen molar-refractivity contribution in [2.24, 2.45) is 17.8 Å². The lowest BCUT2D eigenvalue weighted by atomic mass is 9.94. The number of rotatable bonds is 13. The molecule has 0 aliphatic heterocycles. The van der Waals surface area contributed by atoms with Gasteiger partial charge in [0.1, 0.15) is 0 Å². The molecule has 3 atom stereocenters. The zero-order valence-corrected chi connectivity index (χ0v) is 15.1. The van der Waals surface area contributed by atoms with Gasteiger partial charge in [0, 0.05) is 0 Å². The first-order valence-corrected chi connectivity index (χ1v) is 10.2. The van der Waals surface area contributed by atoms with Crippen LogP contribution >= 0.6 is 0 Å². The highest BCUT2D eigenvalue weighted by Gasteiger charge is 2.40. The van der Waals surface area contributed by atoms with E-state index >= 15 is 0 Å². The third-order valence-electron chi connectivity index (χ3n) is 5.57. The monoisotopic (exact) mass is 320 g/mol. The summed E-state index contributed by atoms with van der Waals surface area (Å²) in [6.45, 7) is 2.90. The topological polar surface area (TPSA) is 26.3 Å². The van der Waals surface area contributed by atoms with Crippen LogP contribution in [0.25, 0.3) is 0 Å². The van der Waals surface area contributed by atoms with Gasteiger partial charge in [0.05, 0.1) is 12.5 Å². The molecule has 132 valence electrons. The molecule has 1 fully saturated rings. The lowest BCUT2D eigenvalue weighted by Crippen LogP contribution is -2.21. The molecule has 0 spiro atoms. The summed E-state index contributed by atoms with van der Waals surface area (Å²) in [5.74, 6) is 1.36. The Morgan fingerprint density at radius 1 is 0.870 bits per heavy atom. The van der Waals surface area contributed by atoms with Crippen molar-refractivity contribution >= 4 is 5.97 Å². The minimum absolute atomic E-state index is 0.0638. The van der Waals surface area contributed by atoms with Crippen LogP contribution in [0.1, 0.15) is 90.4 Å². The van der Waals surface area contributed by atoms with Gasteiger partial charge in [-0.1, -0.05) is 83.3 Å². The largest absolute Gasteiger partial charge is 0.465 e. The summed E-state index contributed by atoms with van der Waals surface area (Å²) in [6, 6.07) is 0. The first kappa shape index (κ1) is 18.5. The molecule has 2 nitrogen and oxygen atoms in total. The van der Waals surface area contributed by atoms with E-state index in [0.29, 0.717) is 18.4 Å². The number of carbonyl (C=O) groups is 1. The Kier molecular flexibility index (Phi) is 8.78. The lowest BCUT2D eigenvalue weighted by Gasteiger charge is -2.16. The van der Waals surface area contributed by atoms with Gasteiger partial charge >= 0.3 is 5.97 Å². The van der Waals surface area contributed by atoms with E-state index in [9.17, 15) is 4.79 Å². The highest BCUT2D eigenvalue weighted by molar-refractivity contribution is 5.74. The molecule has 0 N–H and O–H groups in total. The van der Waals surface area contributed by atoms with Gasteiger partial charge in [0.15, 0.2) is 0 Å². The molecule has 23 heavy (non-hydrogen) atoms. The molecule has 0 aromatic rings. The second-order valence-corrected chi connectivity index (χ2v) is 7.59. The number of allylic oxidation sites excluding steroid dienone is 2. The van der Waals surface area contributed by atoms with E-state index in [1.165, 1.54) is 70.6 Å². The Morgan fingerprint density at radius 2 is 1.48 bits per heavy atom. The fourth-order valence-corrected chi connectivity index (χ4v) is 4.10. The number of fused-ring (bicyclic) bond motifs is 2. The first-order chi connectivity index (χ1) is 11.3. The van der Waals surface area contributed by atoms with Gasteiger partial charge in [0.25, 0.3) is 0 Å². The Hall–Kier alpha value is -0.790. The molecule has 0 saturated heterocycles. The molecular weight excluding hydrogens is 284 g/mol. The molecule has 0 heterocycles. The van der Waals surface area contributed by atoms with Crippen LogP contribution in [0.5, 0.6) is 0 Å². The molecule has 2 aliphatic rings. The molecule has 2 bridgehead atoms. The van der Waals surface area contributed by atoms with E-state index in [2.05, 4.69) is 19.1 Å². The van der Waals surface area contributed by atoms with Crippen LogP contribution in [0, 0.1) is 17.8 Å². The molecule has 0 aromatic heterocycles. The van der Waals surface area contributed by atoms with Gasteiger partial charge in [-0.15, -0.1) is 0 Å². The fraction of sp³-hybridized carbons (Fsp3) is 0.857. The molecule has 2 aliphatic carbocycles. The van der Waals surface area contributed by atoms with E-state index in [-0.39, 0.29) is 11.9 Å². The van der Waals surface area contributed by atoms with Crippen molar-refractivity contribution in [2.75, 3.05) is 6.61 Å². The summed E-state index contributed by atoms with van der Waals surface area (Å²) >= 11 is 0. The third kappa shape index (κ3) is 6.69. The maximum absolute atomic E-state index is 12.1. The van der Waals surface area contributed by atoms with Crippen molar-refractivity contribution in [1.29, 1.82) is 0 Å². The highest BCUT2D eigenvalue weighted by atomic mass is 16.5. The van der Waals surface area contributed by atoms with Gasteiger partial charge in [-0.25, -0.2) is 0 Å². The van der Waals surface area contributed by atoms with E-state index in [1.54, 1.807) is 0 Å². The van der Waals surface area contributed by atoms with Crippen LogP contribution in [0.2, 0.25) is 0 Å². The van der Waals surface area contributed by atoms with Crippen LogP contribution < -0.4 is 0 Å². The SMILES string of the molecule is CCCCCCCCCCCCCOC(=O)C1CC2C=CC1C2. The molecular formula is C21H36O2. The van der Waals surface area contributed by atoms with Gasteiger partial charge in [0.2, 0.25) is 0 Å². The number of carbonyl (C=O) groups excluding carboxylic acids is 1. The van der Waals surface area contributed by atoms with Crippen LogP contribution in [0.15, 0.2) is 12.2 Å². The molecule has 3 unspecified atom stereocenters. The van der Waals surface area contributed by atoms with Gasteiger partial charge in [-0.2, -0.15) is 0 Å². The van der Waals surface area contributed by atoms with Crippen molar-refractivity contribution in [3.8, 4) is 0 Å². The smallest absolute Gasteiger partial charge is 0.309 e. The third-order valence-corrected chi connectivity index (χ3v) is 5.57. The summed E-state index contributed by atoms with van der Waals surface area (Å²) in [4.78, 5) is 12.1. The zero-order chi connectivity index (χ0) is 16.3. The summed E-state index contributed by atoms with van der Waals surface area (Å²) in [7, 11) is 0. The number of ether oxygens (including phenoxy) is 1. The van der Waals surface area contributed by atoms with Crippen LogP contribution in [0.3, 0.4) is 0 Å². The van der Waals surface area contributed by atoms with Gasteiger partial charge in [-0.3, -0.25) is 4.79 Å². The molecule has 2 heteroatoms. The minimum atomic E-state index is 0.0638. The summed E-state index contributed by atoms with van der Waals surface area (Å²) in [5, 5.41) is 0. The standard InChI is InChI=1S/C21H36O2/c1-2-3-4-5-6-7-8-9-10-11-12-15-23-21(22)20-17-18-13-14-19(20)16-18/h13-14,18-20H,2-12,15-17H2,1H3. The molecule has 0 aromatic carbocycles. The number of esters is 1. The van der Waals surface area contributed by atoms with E-state index in [4.69, 9.17) is 4.74 Å². The Bertz CT molecular complexity index is 361. The van der Waals surface area contributed by atoms with Crippen molar-refractivity contribution in [2.45, 2.75) is 90.4 Å². The predicted octanol–water partition coefficient (Wildman–Crippen LogP) is 6.05. The summed E-state index contributed by atoms with van der Waals surface area (Å²) < 4.78 is 5.49. The maximum atomic E-state index is 12.1. The second kappa shape index (κ2) is 10.9.